The lowest BCUT2D eigenvalue weighted by atomic mass is 10.0. The SMILES string of the molecule is O=C1CN(S(=O)(=O)CCC2CCCCN2)CCN1. The molecule has 0 spiro atoms. The van der Waals surface area contributed by atoms with Crippen LogP contribution in [0.1, 0.15) is 25.7 Å². The first-order valence-electron chi connectivity index (χ1n) is 6.56. The van der Waals surface area contributed by atoms with E-state index < -0.39 is 10.0 Å². The van der Waals surface area contributed by atoms with E-state index in [1.165, 1.54) is 17.1 Å². The van der Waals surface area contributed by atoms with E-state index in [9.17, 15) is 13.2 Å². The van der Waals surface area contributed by atoms with Gasteiger partial charge in [-0.25, -0.2) is 8.42 Å². The number of piperazine rings is 1. The summed E-state index contributed by atoms with van der Waals surface area (Å²) in [5.41, 5.74) is 0. The van der Waals surface area contributed by atoms with Crippen LogP contribution < -0.4 is 10.6 Å². The summed E-state index contributed by atoms with van der Waals surface area (Å²) in [7, 11) is -3.28. The molecule has 2 rings (SSSR count). The molecule has 2 heterocycles. The highest BCUT2D eigenvalue weighted by atomic mass is 32.2. The first-order chi connectivity index (χ1) is 8.58. The summed E-state index contributed by atoms with van der Waals surface area (Å²) in [6.07, 6.45) is 4.04. The zero-order chi connectivity index (χ0) is 13.0. The van der Waals surface area contributed by atoms with Crippen molar-refractivity contribution in [2.24, 2.45) is 0 Å². The molecule has 2 fully saturated rings. The quantitative estimate of drug-likeness (QED) is 0.710. The van der Waals surface area contributed by atoms with Gasteiger partial charge in [0.2, 0.25) is 15.9 Å². The van der Waals surface area contributed by atoms with Crippen molar-refractivity contribution in [1.82, 2.24) is 14.9 Å². The van der Waals surface area contributed by atoms with Crippen LogP contribution in [0.3, 0.4) is 0 Å². The van der Waals surface area contributed by atoms with Gasteiger partial charge >= 0.3 is 0 Å². The fourth-order valence-electron chi connectivity index (χ4n) is 2.44. The number of hydrogen-bond donors (Lipinski definition) is 2. The van der Waals surface area contributed by atoms with Gasteiger partial charge < -0.3 is 10.6 Å². The van der Waals surface area contributed by atoms with E-state index in [-0.39, 0.29) is 18.2 Å². The van der Waals surface area contributed by atoms with Crippen molar-refractivity contribution in [2.75, 3.05) is 31.9 Å². The second kappa shape index (κ2) is 5.99. The number of rotatable bonds is 4. The van der Waals surface area contributed by atoms with E-state index in [4.69, 9.17) is 0 Å². The molecule has 0 aromatic rings. The molecule has 0 saturated carbocycles. The Balaban J connectivity index is 1.84. The second-order valence-corrected chi connectivity index (χ2v) is 7.02. The molecule has 0 aromatic carbocycles. The van der Waals surface area contributed by atoms with Gasteiger partial charge in [0, 0.05) is 19.1 Å². The topological polar surface area (TPSA) is 78.5 Å². The van der Waals surface area contributed by atoms with Gasteiger partial charge in [-0.3, -0.25) is 4.79 Å². The lowest BCUT2D eigenvalue weighted by Gasteiger charge is -2.28. The minimum atomic E-state index is -3.28. The fourth-order valence-corrected chi connectivity index (χ4v) is 3.97. The zero-order valence-electron chi connectivity index (χ0n) is 10.5. The van der Waals surface area contributed by atoms with E-state index in [2.05, 4.69) is 10.6 Å². The Labute approximate surface area is 108 Å². The highest BCUT2D eigenvalue weighted by Crippen LogP contribution is 2.13. The maximum absolute atomic E-state index is 12.1. The average Bonchev–Trinajstić information content (AvgIpc) is 2.38. The molecule has 18 heavy (non-hydrogen) atoms. The Hall–Kier alpha value is -0.660. The normalized spacial score (nSPS) is 26.9. The van der Waals surface area contributed by atoms with Crippen LogP contribution in [-0.4, -0.2) is 56.6 Å². The minimum Gasteiger partial charge on any atom is -0.354 e. The summed E-state index contributed by atoms with van der Waals surface area (Å²) in [4.78, 5) is 11.2. The molecule has 2 aliphatic rings. The summed E-state index contributed by atoms with van der Waals surface area (Å²) in [6, 6.07) is 0.312. The Morgan fingerprint density at radius 2 is 2.11 bits per heavy atom. The van der Waals surface area contributed by atoms with Crippen LogP contribution in [0.4, 0.5) is 0 Å². The van der Waals surface area contributed by atoms with Crippen LogP contribution in [-0.2, 0) is 14.8 Å². The van der Waals surface area contributed by atoms with E-state index in [0.29, 0.717) is 25.6 Å². The van der Waals surface area contributed by atoms with Gasteiger partial charge in [-0.15, -0.1) is 0 Å². The third-order valence-corrected chi connectivity index (χ3v) is 5.38. The standard InChI is InChI=1S/C11H21N3O3S/c15-11-9-14(7-6-13-11)18(16,17)8-4-10-3-1-2-5-12-10/h10,12H,1-9H2,(H,13,15). The number of carbonyl (C=O) groups is 1. The monoisotopic (exact) mass is 275 g/mol. The van der Waals surface area contributed by atoms with Crippen LogP contribution in [0.2, 0.25) is 0 Å². The number of piperidine rings is 1. The van der Waals surface area contributed by atoms with Crippen molar-refractivity contribution in [3.05, 3.63) is 0 Å². The maximum atomic E-state index is 12.1. The largest absolute Gasteiger partial charge is 0.354 e. The minimum absolute atomic E-state index is 0.0274. The van der Waals surface area contributed by atoms with Crippen LogP contribution in [0.5, 0.6) is 0 Å². The van der Waals surface area contributed by atoms with Gasteiger partial charge in [-0.1, -0.05) is 6.42 Å². The molecule has 0 bridgehead atoms. The Kier molecular flexibility index (Phi) is 4.58. The first kappa shape index (κ1) is 13.8. The van der Waals surface area contributed by atoms with Crippen LogP contribution in [0.25, 0.3) is 0 Å². The van der Waals surface area contributed by atoms with Crippen molar-refractivity contribution in [3.63, 3.8) is 0 Å². The molecule has 0 aliphatic carbocycles. The van der Waals surface area contributed by atoms with Gasteiger partial charge in [0.05, 0.1) is 12.3 Å². The van der Waals surface area contributed by atoms with Crippen molar-refractivity contribution in [3.8, 4) is 0 Å². The Morgan fingerprint density at radius 1 is 1.28 bits per heavy atom. The van der Waals surface area contributed by atoms with Gasteiger partial charge in [-0.2, -0.15) is 4.31 Å². The highest BCUT2D eigenvalue weighted by Gasteiger charge is 2.28. The smallest absolute Gasteiger partial charge is 0.235 e. The molecule has 1 atom stereocenters. The first-order valence-corrected chi connectivity index (χ1v) is 8.17. The molecule has 104 valence electrons. The third-order valence-electron chi connectivity index (χ3n) is 3.53. The van der Waals surface area contributed by atoms with Crippen molar-refractivity contribution in [2.45, 2.75) is 31.7 Å². The summed E-state index contributed by atoms with van der Waals surface area (Å²) < 4.78 is 25.5. The lowest BCUT2D eigenvalue weighted by Crippen LogP contribution is -2.50. The van der Waals surface area contributed by atoms with E-state index >= 15 is 0 Å². The number of nitrogens with zero attached hydrogens (tertiary/aromatic N) is 1. The van der Waals surface area contributed by atoms with E-state index in [1.54, 1.807) is 0 Å². The molecule has 2 N–H and O–H groups in total. The molecule has 2 aliphatic heterocycles. The molecule has 0 radical (unpaired) electrons. The van der Waals surface area contributed by atoms with Crippen molar-refractivity contribution in [1.29, 1.82) is 0 Å². The van der Waals surface area contributed by atoms with Crippen molar-refractivity contribution >= 4 is 15.9 Å². The highest BCUT2D eigenvalue weighted by molar-refractivity contribution is 7.89. The molecule has 1 amide bonds. The number of sulfonamides is 1. The van der Waals surface area contributed by atoms with E-state index in [0.717, 1.165) is 13.0 Å². The van der Waals surface area contributed by atoms with Gasteiger partial charge in [-0.05, 0) is 25.8 Å². The van der Waals surface area contributed by atoms with Gasteiger partial charge in [0.25, 0.3) is 0 Å². The molecule has 1 unspecified atom stereocenters. The average molecular weight is 275 g/mol. The predicted molar refractivity (Wildman–Crippen MR) is 68.6 cm³/mol. The summed E-state index contributed by atoms with van der Waals surface area (Å²) in [6.45, 7) is 1.77. The Morgan fingerprint density at radius 3 is 2.78 bits per heavy atom. The number of hydrogen-bond acceptors (Lipinski definition) is 4. The van der Waals surface area contributed by atoms with Crippen LogP contribution in [0, 0.1) is 0 Å². The third kappa shape index (κ3) is 3.66. The number of amides is 1. The molecule has 2 saturated heterocycles. The van der Waals surface area contributed by atoms with E-state index in [1.807, 2.05) is 0 Å². The van der Waals surface area contributed by atoms with Gasteiger partial charge in [0.1, 0.15) is 0 Å². The molecular formula is C11H21N3O3S. The predicted octanol–water partition coefficient (Wildman–Crippen LogP) is -0.720. The van der Waals surface area contributed by atoms with Crippen LogP contribution in [0.15, 0.2) is 0 Å². The molecular weight excluding hydrogens is 254 g/mol. The van der Waals surface area contributed by atoms with Crippen LogP contribution >= 0.6 is 0 Å². The van der Waals surface area contributed by atoms with Crippen molar-refractivity contribution < 1.29 is 13.2 Å². The summed E-state index contributed by atoms with van der Waals surface area (Å²) >= 11 is 0. The fraction of sp³-hybridized carbons (Fsp3) is 0.909. The van der Waals surface area contributed by atoms with Gasteiger partial charge in [0.15, 0.2) is 0 Å². The maximum Gasteiger partial charge on any atom is 0.235 e. The number of carbonyl (C=O) groups excluding carboxylic acids is 1. The lowest BCUT2D eigenvalue weighted by molar-refractivity contribution is -0.122. The summed E-state index contributed by atoms with van der Waals surface area (Å²) in [5, 5.41) is 5.97. The molecule has 0 aromatic heterocycles. The summed E-state index contributed by atoms with van der Waals surface area (Å²) in [5.74, 6) is -0.0709. The molecule has 7 heteroatoms. The zero-order valence-corrected chi connectivity index (χ0v) is 11.3. The molecule has 6 nitrogen and oxygen atoms in total. The number of nitrogens with one attached hydrogen (secondary N) is 2. The second-order valence-electron chi connectivity index (χ2n) is 4.94. The Bertz CT molecular complexity index is 390.